The highest BCUT2D eigenvalue weighted by Crippen LogP contribution is 2.28. The Balaban J connectivity index is 1.92. The third kappa shape index (κ3) is 2.30. The summed E-state index contributed by atoms with van der Waals surface area (Å²) in [6.45, 7) is 2.87. The molecule has 0 bridgehead atoms. The molecule has 17 heavy (non-hydrogen) atoms. The van der Waals surface area contributed by atoms with E-state index in [1.54, 1.807) is 0 Å². The fourth-order valence-electron chi connectivity index (χ4n) is 2.35. The lowest BCUT2D eigenvalue weighted by Gasteiger charge is -2.23. The predicted molar refractivity (Wildman–Crippen MR) is 63.2 cm³/mol. The van der Waals surface area contributed by atoms with Crippen LogP contribution in [-0.4, -0.2) is 29.8 Å². The van der Waals surface area contributed by atoms with Crippen molar-refractivity contribution < 1.29 is 9.47 Å². The first-order chi connectivity index (χ1) is 8.34. The zero-order chi connectivity index (χ0) is 11.7. The van der Waals surface area contributed by atoms with Crippen LogP contribution in [0.4, 0.5) is 0 Å². The molecule has 1 aromatic heterocycles. The molecule has 0 spiro atoms. The lowest BCUT2D eigenvalue weighted by Crippen LogP contribution is -2.20. The lowest BCUT2D eigenvalue weighted by atomic mass is 9.99. The van der Waals surface area contributed by atoms with Gasteiger partial charge in [-0.15, -0.1) is 0 Å². The minimum atomic E-state index is 0.398. The van der Waals surface area contributed by atoms with Crippen LogP contribution in [0.15, 0.2) is 0 Å². The van der Waals surface area contributed by atoms with Crippen molar-refractivity contribution in [2.24, 2.45) is 0 Å². The fraction of sp³-hybridized carbons (Fsp3) is 0.667. The van der Waals surface area contributed by atoms with E-state index in [0.29, 0.717) is 17.7 Å². The molecule has 0 unspecified atom stereocenters. The number of ether oxygens (including phenoxy) is 2. The molecule has 0 N–H and O–H groups in total. The quantitative estimate of drug-likeness (QED) is 0.720. The summed E-state index contributed by atoms with van der Waals surface area (Å²) < 4.78 is 10.7. The summed E-state index contributed by atoms with van der Waals surface area (Å²) in [6, 6.07) is 0. The van der Waals surface area contributed by atoms with Gasteiger partial charge in [0, 0.05) is 31.1 Å². The molecular weight excluding hydrogens is 240 g/mol. The molecule has 2 aliphatic heterocycles. The van der Waals surface area contributed by atoms with Crippen molar-refractivity contribution >= 4 is 11.6 Å². The first-order valence-electron chi connectivity index (χ1n) is 6.05. The van der Waals surface area contributed by atoms with Crippen LogP contribution in [0.25, 0.3) is 0 Å². The Bertz CT molecular complexity index is 419. The molecule has 0 aromatic carbocycles. The number of hydrogen-bond acceptors (Lipinski definition) is 4. The molecule has 0 saturated carbocycles. The van der Waals surface area contributed by atoms with Gasteiger partial charge in [-0.3, -0.25) is 0 Å². The SMILES string of the molecule is Clc1nc(C2CCOCC2)nc2c1COCC2. The molecule has 1 aromatic rings. The molecule has 0 amide bonds. The molecule has 1 fully saturated rings. The van der Waals surface area contributed by atoms with Crippen molar-refractivity contribution in [1.29, 1.82) is 0 Å². The monoisotopic (exact) mass is 254 g/mol. The van der Waals surface area contributed by atoms with E-state index in [-0.39, 0.29) is 0 Å². The van der Waals surface area contributed by atoms with Crippen LogP contribution in [0.1, 0.15) is 35.8 Å². The van der Waals surface area contributed by atoms with Gasteiger partial charge in [-0.25, -0.2) is 9.97 Å². The van der Waals surface area contributed by atoms with Crippen LogP contribution in [-0.2, 0) is 22.5 Å². The number of halogens is 1. The maximum atomic E-state index is 6.20. The minimum Gasteiger partial charge on any atom is -0.381 e. The Labute approximate surface area is 105 Å². The highest BCUT2D eigenvalue weighted by Gasteiger charge is 2.23. The van der Waals surface area contributed by atoms with Crippen LogP contribution in [0.5, 0.6) is 0 Å². The third-order valence-electron chi connectivity index (χ3n) is 3.38. The lowest BCUT2D eigenvalue weighted by molar-refractivity contribution is 0.0829. The molecule has 2 aliphatic rings. The second-order valence-corrected chi connectivity index (χ2v) is 4.85. The van der Waals surface area contributed by atoms with Gasteiger partial charge in [0.2, 0.25) is 0 Å². The average Bonchev–Trinajstić information content (AvgIpc) is 2.40. The van der Waals surface area contributed by atoms with Gasteiger partial charge in [0.15, 0.2) is 0 Å². The molecule has 5 heteroatoms. The van der Waals surface area contributed by atoms with Crippen LogP contribution < -0.4 is 0 Å². The summed E-state index contributed by atoms with van der Waals surface area (Å²) in [7, 11) is 0. The van der Waals surface area contributed by atoms with E-state index in [2.05, 4.69) is 9.97 Å². The van der Waals surface area contributed by atoms with E-state index in [0.717, 1.165) is 56.2 Å². The summed E-state index contributed by atoms with van der Waals surface area (Å²) in [6.07, 6.45) is 2.82. The van der Waals surface area contributed by atoms with Gasteiger partial charge in [-0.05, 0) is 12.8 Å². The second-order valence-electron chi connectivity index (χ2n) is 4.49. The van der Waals surface area contributed by atoms with Gasteiger partial charge in [0.05, 0.1) is 18.9 Å². The Kier molecular flexibility index (Phi) is 3.27. The number of aromatic nitrogens is 2. The van der Waals surface area contributed by atoms with E-state index >= 15 is 0 Å². The van der Waals surface area contributed by atoms with E-state index in [9.17, 15) is 0 Å². The van der Waals surface area contributed by atoms with Crippen LogP contribution in [0.3, 0.4) is 0 Å². The Hall–Kier alpha value is -0.710. The smallest absolute Gasteiger partial charge is 0.138 e. The van der Waals surface area contributed by atoms with Gasteiger partial charge in [-0.1, -0.05) is 11.6 Å². The first kappa shape index (κ1) is 11.4. The van der Waals surface area contributed by atoms with Crippen molar-refractivity contribution in [3.05, 3.63) is 22.2 Å². The van der Waals surface area contributed by atoms with Gasteiger partial charge >= 0.3 is 0 Å². The highest BCUT2D eigenvalue weighted by molar-refractivity contribution is 6.30. The maximum Gasteiger partial charge on any atom is 0.138 e. The molecule has 0 radical (unpaired) electrons. The van der Waals surface area contributed by atoms with E-state index in [1.807, 2.05) is 0 Å². The van der Waals surface area contributed by atoms with Crippen LogP contribution in [0.2, 0.25) is 5.15 Å². The van der Waals surface area contributed by atoms with Crippen molar-refractivity contribution in [2.75, 3.05) is 19.8 Å². The Morgan fingerprint density at radius 3 is 2.71 bits per heavy atom. The maximum absolute atomic E-state index is 6.20. The second kappa shape index (κ2) is 4.88. The van der Waals surface area contributed by atoms with Gasteiger partial charge in [-0.2, -0.15) is 0 Å². The largest absolute Gasteiger partial charge is 0.381 e. The zero-order valence-corrected chi connectivity index (χ0v) is 10.4. The standard InChI is InChI=1S/C12H15ClN2O2/c13-11-9-7-17-6-3-10(9)14-12(15-11)8-1-4-16-5-2-8/h8H,1-7H2. The zero-order valence-electron chi connectivity index (χ0n) is 9.62. The minimum absolute atomic E-state index is 0.398. The third-order valence-corrected chi connectivity index (χ3v) is 3.69. The first-order valence-corrected chi connectivity index (χ1v) is 6.43. The van der Waals surface area contributed by atoms with Crippen molar-refractivity contribution in [3.63, 3.8) is 0 Å². The van der Waals surface area contributed by atoms with E-state index in [4.69, 9.17) is 21.1 Å². The van der Waals surface area contributed by atoms with Crippen LogP contribution in [0, 0.1) is 0 Å². The van der Waals surface area contributed by atoms with Gasteiger partial charge < -0.3 is 9.47 Å². The number of nitrogens with zero attached hydrogens (tertiary/aromatic N) is 2. The van der Waals surface area contributed by atoms with E-state index in [1.165, 1.54) is 0 Å². The van der Waals surface area contributed by atoms with Crippen molar-refractivity contribution in [3.8, 4) is 0 Å². The summed E-state index contributed by atoms with van der Waals surface area (Å²) >= 11 is 6.20. The summed E-state index contributed by atoms with van der Waals surface area (Å²) in [5, 5.41) is 0.566. The van der Waals surface area contributed by atoms with Crippen molar-refractivity contribution in [2.45, 2.75) is 31.8 Å². The fourth-order valence-corrected chi connectivity index (χ4v) is 2.60. The van der Waals surface area contributed by atoms with E-state index < -0.39 is 0 Å². The molecule has 4 nitrogen and oxygen atoms in total. The predicted octanol–water partition coefficient (Wildman–Crippen LogP) is 2.10. The number of hydrogen-bond donors (Lipinski definition) is 0. The Morgan fingerprint density at radius 2 is 1.88 bits per heavy atom. The highest BCUT2D eigenvalue weighted by atomic mass is 35.5. The topological polar surface area (TPSA) is 44.2 Å². The van der Waals surface area contributed by atoms with Gasteiger partial charge in [0.1, 0.15) is 11.0 Å². The van der Waals surface area contributed by atoms with Gasteiger partial charge in [0.25, 0.3) is 0 Å². The normalized spacial score (nSPS) is 21.2. The molecule has 0 atom stereocenters. The summed E-state index contributed by atoms with van der Waals surface area (Å²) in [4.78, 5) is 9.10. The molecule has 1 saturated heterocycles. The number of fused-ring (bicyclic) bond motifs is 1. The number of rotatable bonds is 1. The molecule has 3 rings (SSSR count). The summed E-state index contributed by atoms with van der Waals surface area (Å²) in [5.41, 5.74) is 2.03. The Morgan fingerprint density at radius 1 is 1.06 bits per heavy atom. The molecule has 3 heterocycles. The van der Waals surface area contributed by atoms with Crippen molar-refractivity contribution in [1.82, 2.24) is 9.97 Å². The summed E-state index contributed by atoms with van der Waals surface area (Å²) in [5.74, 6) is 1.29. The molecule has 0 aliphatic carbocycles. The average molecular weight is 255 g/mol. The van der Waals surface area contributed by atoms with Crippen LogP contribution >= 0.6 is 11.6 Å². The molecule has 92 valence electrons. The molecular formula is C12H15ClN2O2.